The normalized spacial score (nSPS) is 15.0. The number of nitrogens with zero attached hydrogens (tertiary/aromatic N) is 2. The number of hydrogen-bond donors (Lipinski definition) is 0. The SMILES string of the molecule is CCCCCCCCCCCC(Cc1ccccc1)C(CCCCCC)[C+]1N=CC=N1. The Morgan fingerprint density at radius 3 is 1.77 bits per heavy atom. The van der Waals surface area contributed by atoms with Crippen molar-refractivity contribution < 1.29 is 0 Å². The van der Waals surface area contributed by atoms with E-state index in [2.05, 4.69) is 54.2 Å². The molecule has 2 nitrogen and oxygen atoms in total. The molecule has 2 rings (SSSR count). The van der Waals surface area contributed by atoms with Crippen LogP contribution in [-0.4, -0.2) is 12.4 Å². The maximum absolute atomic E-state index is 4.66. The molecule has 1 aromatic rings. The van der Waals surface area contributed by atoms with Crippen molar-refractivity contribution in [3.05, 3.63) is 42.1 Å². The molecule has 1 aliphatic heterocycles. The highest BCUT2D eigenvalue weighted by Crippen LogP contribution is 2.36. The molecular formula is C29H47N2+. The van der Waals surface area contributed by atoms with Crippen LogP contribution in [0.4, 0.5) is 0 Å². The third kappa shape index (κ3) is 11.0. The second kappa shape index (κ2) is 17.0. The molecule has 1 aliphatic rings. The van der Waals surface area contributed by atoms with E-state index in [-0.39, 0.29) is 0 Å². The van der Waals surface area contributed by atoms with Crippen molar-refractivity contribution >= 4 is 12.4 Å². The van der Waals surface area contributed by atoms with Crippen LogP contribution in [0.5, 0.6) is 0 Å². The summed E-state index contributed by atoms with van der Waals surface area (Å²) in [5, 5.41) is 0. The molecule has 0 aromatic heterocycles. The van der Waals surface area contributed by atoms with Gasteiger partial charge in [0.1, 0.15) is 0 Å². The van der Waals surface area contributed by atoms with Gasteiger partial charge in [-0.05, 0) is 30.7 Å². The first-order valence-corrected chi connectivity index (χ1v) is 13.3. The van der Waals surface area contributed by atoms with Gasteiger partial charge in [0.15, 0.2) is 12.4 Å². The van der Waals surface area contributed by atoms with Gasteiger partial charge in [-0.15, -0.1) is 0 Å². The minimum Gasteiger partial charge on any atom is -0.0965 e. The van der Waals surface area contributed by atoms with Gasteiger partial charge in [0, 0.05) is 0 Å². The zero-order valence-corrected chi connectivity index (χ0v) is 20.4. The van der Waals surface area contributed by atoms with E-state index in [4.69, 9.17) is 0 Å². The first-order valence-electron chi connectivity index (χ1n) is 13.3. The summed E-state index contributed by atoms with van der Waals surface area (Å²) in [5.41, 5.74) is 1.47. The Labute approximate surface area is 193 Å². The summed E-state index contributed by atoms with van der Waals surface area (Å²) < 4.78 is 0. The van der Waals surface area contributed by atoms with Crippen LogP contribution in [0.1, 0.15) is 116 Å². The Morgan fingerprint density at radius 1 is 0.645 bits per heavy atom. The molecule has 0 aliphatic carbocycles. The van der Waals surface area contributed by atoms with Crippen LogP contribution in [0.2, 0.25) is 0 Å². The Balaban J connectivity index is 1.87. The zero-order valence-electron chi connectivity index (χ0n) is 20.4. The van der Waals surface area contributed by atoms with Crippen LogP contribution in [0.25, 0.3) is 0 Å². The van der Waals surface area contributed by atoms with Gasteiger partial charge in [-0.3, -0.25) is 0 Å². The second-order valence-electron chi connectivity index (χ2n) is 9.44. The van der Waals surface area contributed by atoms with Crippen molar-refractivity contribution in [3.8, 4) is 0 Å². The van der Waals surface area contributed by atoms with Crippen LogP contribution in [0, 0.1) is 18.0 Å². The lowest BCUT2D eigenvalue weighted by molar-refractivity contribution is 0.284. The number of unbranched alkanes of at least 4 members (excludes halogenated alkanes) is 11. The summed E-state index contributed by atoms with van der Waals surface area (Å²) in [4.78, 5) is 9.32. The van der Waals surface area contributed by atoms with Crippen LogP contribution in [0.15, 0.2) is 40.3 Å². The van der Waals surface area contributed by atoms with E-state index in [9.17, 15) is 0 Å². The predicted molar refractivity (Wildman–Crippen MR) is 138 cm³/mol. The molecule has 0 saturated heterocycles. The number of rotatable bonds is 19. The van der Waals surface area contributed by atoms with Crippen molar-refractivity contribution in [3.63, 3.8) is 0 Å². The van der Waals surface area contributed by atoms with Crippen molar-refractivity contribution in [2.24, 2.45) is 21.8 Å². The molecule has 2 atom stereocenters. The summed E-state index contributed by atoms with van der Waals surface area (Å²) in [6.07, 6.45) is 26.4. The lowest BCUT2D eigenvalue weighted by Gasteiger charge is -2.26. The zero-order chi connectivity index (χ0) is 22.0. The summed E-state index contributed by atoms with van der Waals surface area (Å²) in [6.45, 7) is 4.59. The third-order valence-electron chi connectivity index (χ3n) is 6.77. The lowest BCUT2D eigenvalue weighted by Crippen LogP contribution is -2.22. The summed E-state index contributed by atoms with van der Waals surface area (Å²) in [7, 11) is 0. The van der Waals surface area contributed by atoms with E-state index in [0.29, 0.717) is 11.8 Å². The molecular weight excluding hydrogens is 376 g/mol. The Bertz CT molecular complexity index is 580. The van der Waals surface area contributed by atoms with Crippen molar-refractivity contribution in [2.45, 2.75) is 117 Å². The van der Waals surface area contributed by atoms with Crippen molar-refractivity contribution in [1.29, 1.82) is 0 Å². The first kappa shape index (κ1) is 25.7. The topological polar surface area (TPSA) is 24.7 Å². The maximum Gasteiger partial charge on any atom is 0.244 e. The summed E-state index contributed by atoms with van der Waals surface area (Å²) in [5.74, 6) is 1.15. The van der Waals surface area contributed by atoms with Gasteiger partial charge in [0.2, 0.25) is 6.17 Å². The van der Waals surface area contributed by atoms with E-state index >= 15 is 0 Å². The number of benzene rings is 1. The molecule has 0 saturated carbocycles. The minimum atomic E-state index is 0.501. The van der Waals surface area contributed by atoms with Gasteiger partial charge < -0.3 is 0 Å². The fourth-order valence-electron chi connectivity index (χ4n) is 4.89. The molecule has 31 heavy (non-hydrogen) atoms. The first-order chi connectivity index (χ1) is 15.3. The summed E-state index contributed by atoms with van der Waals surface area (Å²) in [6, 6.07) is 11.1. The van der Waals surface area contributed by atoms with Crippen molar-refractivity contribution in [1.82, 2.24) is 0 Å². The quantitative estimate of drug-likeness (QED) is 0.157. The van der Waals surface area contributed by atoms with Gasteiger partial charge in [-0.2, -0.15) is 0 Å². The van der Waals surface area contributed by atoms with Gasteiger partial charge in [0.05, 0.1) is 5.92 Å². The number of aliphatic imine (C=N–C) groups is 2. The second-order valence-corrected chi connectivity index (χ2v) is 9.44. The molecule has 2 heteroatoms. The summed E-state index contributed by atoms with van der Waals surface area (Å²) >= 11 is 0. The Kier molecular flexibility index (Phi) is 14.1. The van der Waals surface area contributed by atoms with Crippen molar-refractivity contribution in [2.75, 3.05) is 0 Å². The molecule has 0 radical (unpaired) electrons. The lowest BCUT2D eigenvalue weighted by atomic mass is 9.78. The van der Waals surface area contributed by atoms with E-state index in [0.717, 1.165) is 12.6 Å². The van der Waals surface area contributed by atoms with Gasteiger partial charge >= 0.3 is 0 Å². The highest BCUT2D eigenvalue weighted by Gasteiger charge is 2.35. The third-order valence-corrected chi connectivity index (χ3v) is 6.77. The van der Waals surface area contributed by atoms with Crippen LogP contribution >= 0.6 is 0 Å². The van der Waals surface area contributed by atoms with Crippen LogP contribution in [-0.2, 0) is 6.42 Å². The molecule has 172 valence electrons. The maximum atomic E-state index is 4.66. The molecule has 0 amide bonds. The molecule has 0 bridgehead atoms. The molecule has 0 spiro atoms. The Morgan fingerprint density at radius 2 is 1.16 bits per heavy atom. The van der Waals surface area contributed by atoms with E-state index < -0.39 is 0 Å². The van der Waals surface area contributed by atoms with Gasteiger partial charge in [0.25, 0.3) is 0 Å². The molecule has 1 aromatic carbocycles. The highest BCUT2D eigenvalue weighted by molar-refractivity contribution is 6.18. The monoisotopic (exact) mass is 423 g/mol. The predicted octanol–water partition coefficient (Wildman–Crippen LogP) is 9.00. The molecule has 2 unspecified atom stereocenters. The molecule has 0 fully saturated rings. The molecule has 1 heterocycles. The minimum absolute atomic E-state index is 0.501. The van der Waals surface area contributed by atoms with Gasteiger partial charge in [-0.1, -0.05) is 138 Å². The van der Waals surface area contributed by atoms with E-state index in [1.165, 1.54) is 102 Å². The van der Waals surface area contributed by atoms with Crippen LogP contribution < -0.4 is 0 Å². The average molecular weight is 424 g/mol. The smallest absolute Gasteiger partial charge is 0.0965 e. The van der Waals surface area contributed by atoms with E-state index in [1.807, 2.05) is 12.4 Å². The number of hydrogen-bond acceptors (Lipinski definition) is 2. The van der Waals surface area contributed by atoms with Crippen LogP contribution in [0.3, 0.4) is 0 Å². The average Bonchev–Trinajstić information content (AvgIpc) is 3.33. The highest BCUT2D eigenvalue weighted by atomic mass is 15.0. The van der Waals surface area contributed by atoms with E-state index in [1.54, 1.807) is 0 Å². The fourth-order valence-corrected chi connectivity index (χ4v) is 4.89. The standard InChI is InChI=1S/C29H47N2/c1-3-5-7-9-10-11-12-13-17-21-27(25-26-19-15-14-16-20-26)28(22-18-8-6-4-2)29-30-23-24-31-29/h14-16,19-20,23-24,27-28H,3-13,17-18,21-22,25H2,1-2H3/q+1. The Hall–Kier alpha value is -1.57. The molecule has 0 N–H and O–H groups in total. The fraction of sp³-hybridized carbons (Fsp3) is 0.690. The largest absolute Gasteiger partial charge is 0.244 e. The van der Waals surface area contributed by atoms with Gasteiger partial charge in [-0.25, -0.2) is 0 Å².